The van der Waals surface area contributed by atoms with Crippen molar-refractivity contribution in [1.29, 1.82) is 0 Å². The second-order valence-electron chi connectivity index (χ2n) is 5.53. The first kappa shape index (κ1) is 16.4. The number of nitrogens with zero attached hydrogens (tertiary/aromatic N) is 2. The third kappa shape index (κ3) is 6.92. The molecule has 112 valence electrons. The van der Waals surface area contributed by atoms with Crippen LogP contribution in [0.15, 0.2) is 0 Å². The Kier molecular flexibility index (Phi) is 8.84. The van der Waals surface area contributed by atoms with Crippen LogP contribution in [0.25, 0.3) is 0 Å². The van der Waals surface area contributed by atoms with Crippen LogP contribution in [-0.2, 0) is 4.79 Å². The molecule has 0 aromatic carbocycles. The zero-order valence-corrected chi connectivity index (χ0v) is 12.6. The highest BCUT2D eigenvalue weighted by atomic mass is 16.2. The number of hydrogen-bond acceptors (Lipinski definition) is 3. The van der Waals surface area contributed by atoms with Crippen molar-refractivity contribution >= 4 is 5.91 Å². The van der Waals surface area contributed by atoms with E-state index in [1.165, 1.54) is 32.1 Å². The van der Waals surface area contributed by atoms with Gasteiger partial charge in [-0.3, -0.25) is 9.69 Å². The van der Waals surface area contributed by atoms with E-state index in [1.54, 1.807) is 0 Å². The number of carbonyl (C=O) groups excluding carboxylic acids is 1. The van der Waals surface area contributed by atoms with Gasteiger partial charge in [0.15, 0.2) is 0 Å². The Labute approximate surface area is 118 Å². The molecule has 0 aromatic heterocycles. The normalized spacial score (nSPS) is 16.8. The van der Waals surface area contributed by atoms with Crippen LogP contribution < -0.4 is 5.73 Å². The van der Waals surface area contributed by atoms with Gasteiger partial charge in [0.25, 0.3) is 0 Å². The molecule has 1 amide bonds. The molecule has 4 nitrogen and oxygen atoms in total. The molecule has 1 aliphatic rings. The predicted octanol–water partition coefficient (Wildman–Crippen LogP) is 1.84. The SMILES string of the molecule is CCCCCCCCC(=O)N1CCN(CCN)CC1. The summed E-state index contributed by atoms with van der Waals surface area (Å²) in [6, 6.07) is 0. The van der Waals surface area contributed by atoms with Crippen molar-refractivity contribution in [3.8, 4) is 0 Å². The molecule has 2 N–H and O–H groups in total. The summed E-state index contributed by atoms with van der Waals surface area (Å²) in [5.41, 5.74) is 5.55. The van der Waals surface area contributed by atoms with Gasteiger partial charge in [0.2, 0.25) is 5.91 Å². The zero-order valence-electron chi connectivity index (χ0n) is 12.6. The molecule has 0 unspecified atom stereocenters. The van der Waals surface area contributed by atoms with E-state index >= 15 is 0 Å². The van der Waals surface area contributed by atoms with Gasteiger partial charge in [-0.25, -0.2) is 0 Å². The highest BCUT2D eigenvalue weighted by Crippen LogP contribution is 2.09. The molecular weight excluding hydrogens is 238 g/mol. The van der Waals surface area contributed by atoms with E-state index in [1.807, 2.05) is 4.90 Å². The van der Waals surface area contributed by atoms with Gasteiger partial charge in [-0.05, 0) is 6.42 Å². The summed E-state index contributed by atoms with van der Waals surface area (Å²) in [5, 5.41) is 0. The minimum absolute atomic E-state index is 0.350. The molecule has 0 aliphatic carbocycles. The van der Waals surface area contributed by atoms with Crippen LogP contribution >= 0.6 is 0 Å². The van der Waals surface area contributed by atoms with E-state index in [0.717, 1.165) is 45.6 Å². The average molecular weight is 269 g/mol. The summed E-state index contributed by atoms with van der Waals surface area (Å²) < 4.78 is 0. The van der Waals surface area contributed by atoms with Crippen molar-refractivity contribution in [3.05, 3.63) is 0 Å². The van der Waals surface area contributed by atoms with E-state index in [9.17, 15) is 4.79 Å². The molecule has 19 heavy (non-hydrogen) atoms. The van der Waals surface area contributed by atoms with Crippen LogP contribution in [0.5, 0.6) is 0 Å². The van der Waals surface area contributed by atoms with Crippen molar-refractivity contribution < 1.29 is 4.79 Å². The minimum Gasteiger partial charge on any atom is -0.340 e. The Morgan fingerprint density at radius 2 is 1.63 bits per heavy atom. The van der Waals surface area contributed by atoms with Crippen molar-refractivity contribution in [2.45, 2.75) is 51.9 Å². The number of rotatable bonds is 9. The van der Waals surface area contributed by atoms with Gasteiger partial charge in [-0.1, -0.05) is 39.0 Å². The molecule has 0 spiro atoms. The topological polar surface area (TPSA) is 49.6 Å². The smallest absolute Gasteiger partial charge is 0.222 e. The molecule has 0 bridgehead atoms. The highest BCUT2D eigenvalue weighted by Gasteiger charge is 2.19. The first-order chi connectivity index (χ1) is 9.27. The van der Waals surface area contributed by atoms with Gasteiger partial charge in [0.1, 0.15) is 0 Å². The second-order valence-corrected chi connectivity index (χ2v) is 5.53. The summed E-state index contributed by atoms with van der Waals surface area (Å²) in [7, 11) is 0. The van der Waals surface area contributed by atoms with Crippen LogP contribution in [0.3, 0.4) is 0 Å². The van der Waals surface area contributed by atoms with Gasteiger partial charge in [-0.2, -0.15) is 0 Å². The number of amides is 1. The summed E-state index contributed by atoms with van der Waals surface area (Å²) in [4.78, 5) is 16.4. The number of nitrogens with two attached hydrogens (primary N) is 1. The van der Waals surface area contributed by atoms with E-state index in [-0.39, 0.29) is 0 Å². The summed E-state index contributed by atoms with van der Waals surface area (Å²) in [6.07, 6.45) is 8.23. The van der Waals surface area contributed by atoms with E-state index in [4.69, 9.17) is 5.73 Å². The minimum atomic E-state index is 0.350. The Bertz CT molecular complexity index is 238. The van der Waals surface area contributed by atoms with E-state index < -0.39 is 0 Å². The van der Waals surface area contributed by atoms with Gasteiger partial charge in [-0.15, -0.1) is 0 Å². The standard InChI is InChI=1S/C15H31N3O/c1-2-3-4-5-6-7-8-15(19)18-13-11-17(10-9-16)12-14-18/h2-14,16H2,1H3. The summed E-state index contributed by atoms with van der Waals surface area (Å²) >= 11 is 0. The zero-order chi connectivity index (χ0) is 13.9. The molecular formula is C15H31N3O. The predicted molar refractivity (Wildman–Crippen MR) is 80.1 cm³/mol. The van der Waals surface area contributed by atoms with Crippen molar-refractivity contribution in [2.75, 3.05) is 39.3 Å². The number of unbranched alkanes of at least 4 members (excludes halogenated alkanes) is 5. The van der Waals surface area contributed by atoms with Crippen LogP contribution in [0.1, 0.15) is 51.9 Å². The number of carbonyl (C=O) groups is 1. The van der Waals surface area contributed by atoms with Gasteiger partial charge < -0.3 is 10.6 Å². The van der Waals surface area contributed by atoms with Crippen LogP contribution in [0, 0.1) is 0 Å². The molecule has 0 radical (unpaired) electrons. The highest BCUT2D eigenvalue weighted by molar-refractivity contribution is 5.76. The lowest BCUT2D eigenvalue weighted by atomic mass is 10.1. The Morgan fingerprint density at radius 1 is 1.00 bits per heavy atom. The van der Waals surface area contributed by atoms with Crippen LogP contribution in [-0.4, -0.2) is 55.0 Å². The average Bonchev–Trinajstić information content (AvgIpc) is 2.43. The van der Waals surface area contributed by atoms with Gasteiger partial charge in [0, 0.05) is 45.7 Å². The molecule has 0 aromatic rings. The third-order valence-electron chi connectivity index (χ3n) is 3.91. The monoisotopic (exact) mass is 269 g/mol. The molecule has 4 heteroatoms. The van der Waals surface area contributed by atoms with E-state index in [0.29, 0.717) is 12.5 Å². The first-order valence-corrected chi connectivity index (χ1v) is 7.98. The lowest BCUT2D eigenvalue weighted by Crippen LogP contribution is -2.49. The number of piperazine rings is 1. The van der Waals surface area contributed by atoms with E-state index in [2.05, 4.69) is 11.8 Å². The maximum absolute atomic E-state index is 12.0. The lowest BCUT2D eigenvalue weighted by molar-refractivity contribution is -0.133. The molecule has 0 saturated carbocycles. The fraction of sp³-hybridized carbons (Fsp3) is 0.933. The largest absolute Gasteiger partial charge is 0.340 e. The first-order valence-electron chi connectivity index (χ1n) is 7.98. The number of hydrogen-bond donors (Lipinski definition) is 1. The van der Waals surface area contributed by atoms with Crippen molar-refractivity contribution in [3.63, 3.8) is 0 Å². The molecule has 1 saturated heterocycles. The Hall–Kier alpha value is -0.610. The summed E-state index contributed by atoms with van der Waals surface area (Å²) in [6.45, 7) is 7.64. The van der Waals surface area contributed by atoms with Gasteiger partial charge >= 0.3 is 0 Å². The fourth-order valence-corrected chi connectivity index (χ4v) is 2.62. The van der Waals surface area contributed by atoms with Crippen LogP contribution in [0.4, 0.5) is 0 Å². The molecule has 1 heterocycles. The van der Waals surface area contributed by atoms with Crippen LogP contribution in [0.2, 0.25) is 0 Å². The molecule has 1 aliphatic heterocycles. The summed E-state index contributed by atoms with van der Waals surface area (Å²) in [5.74, 6) is 0.350. The lowest BCUT2D eigenvalue weighted by Gasteiger charge is -2.34. The van der Waals surface area contributed by atoms with Crippen molar-refractivity contribution in [2.24, 2.45) is 5.73 Å². The van der Waals surface area contributed by atoms with Crippen molar-refractivity contribution in [1.82, 2.24) is 9.80 Å². The molecule has 1 fully saturated rings. The molecule has 1 rings (SSSR count). The van der Waals surface area contributed by atoms with Gasteiger partial charge in [0.05, 0.1) is 0 Å². The maximum atomic E-state index is 12.0. The second kappa shape index (κ2) is 10.2. The quantitative estimate of drug-likeness (QED) is 0.650. The third-order valence-corrected chi connectivity index (χ3v) is 3.91. The Balaban J connectivity index is 2.04. The fourth-order valence-electron chi connectivity index (χ4n) is 2.62. The Morgan fingerprint density at radius 3 is 2.26 bits per heavy atom. The molecule has 0 atom stereocenters. The maximum Gasteiger partial charge on any atom is 0.222 e.